The number of fused-ring (bicyclic) bond motifs is 1. The molecule has 0 aliphatic carbocycles. The van der Waals surface area contributed by atoms with Gasteiger partial charge in [-0.15, -0.1) is 0 Å². The Balaban J connectivity index is 1.37. The number of carbonyl (C=O) groups is 1. The number of benzene rings is 1. The standard InChI is InChI=1S/C18H14N2O5/c21-18(20-12-5-7-19-8-6-12)16-4-2-14(25-16)10-22-13-1-3-15-17(9-13)24-11-23-15/h1-9H,10-11H2,(H,19,20,21). The number of nitrogens with zero attached hydrogens (tertiary/aromatic N) is 1. The molecule has 0 atom stereocenters. The molecular formula is C18H14N2O5. The molecule has 0 fully saturated rings. The highest BCUT2D eigenvalue weighted by Crippen LogP contribution is 2.35. The lowest BCUT2D eigenvalue weighted by Crippen LogP contribution is -2.10. The van der Waals surface area contributed by atoms with Crippen molar-refractivity contribution in [2.75, 3.05) is 12.1 Å². The van der Waals surface area contributed by atoms with Gasteiger partial charge in [0, 0.05) is 24.1 Å². The summed E-state index contributed by atoms with van der Waals surface area (Å²) in [7, 11) is 0. The van der Waals surface area contributed by atoms with E-state index in [0.717, 1.165) is 0 Å². The molecule has 1 amide bonds. The number of nitrogens with one attached hydrogen (secondary N) is 1. The van der Waals surface area contributed by atoms with Crippen LogP contribution in [0.1, 0.15) is 16.3 Å². The quantitative estimate of drug-likeness (QED) is 0.769. The Hall–Kier alpha value is -3.48. The van der Waals surface area contributed by atoms with Gasteiger partial charge in [0.15, 0.2) is 17.3 Å². The number of hydrogen-bond donors (Lipinski definition) is 1. The lowest BCUT2D eigenvalue weighted by molar-refractivity contribution is 0.0992. The van der Waals surface area contributed by atoms with Crippen LogP contribution in [0.2, 0.25) is 0 Å². The SMILES string of the molecule is O=C(Nc1ccncc1)c1ccc(COc2ccc3c(c2)OCO3)o1. The van der Waals surface area contributed by atoms with Gasteiger partial charge in [-0.1, -0.05) is 0 Å². The number of pyridine rings is 1. The van der Waals surface area contributed by atoms with Crippen LogP contribution in [0.15, 0.2) is 59.3 Å². The molecule has 126 valence electrons. The van der Waals surface area contributed by atoms with Crippen LogP contribution < -0.4 is 19.5 Å². The fraction of sp³-hybridized carbons (Fsp3) is 0.111. The van der Waals surface area contributed by atoms with Crippen LogP contribution >= 0.6 is 0 Å². The highest BCUT2D eigenvalue weighted by atomic mass is 16.7. The van der Waals surface area contributed by atoms with Crippen LogP contribution in [0.5, 0.6) is 17.2 Å². The van der Waals surface area contributed by atoms with Gasteiger partial charge in [-0.25, -0.2) is 0 Å². The number of aromatic nitrogens is 1. The number of rotatable bonds is 5. The second-order valence-electron chi connectivity index (χ2n) is 5.26. The average Bonchev–Trinajstić information content (AvgIpc) is 3.29. The topological polar surface area (TPSA) is 82.8 Å². The van der Waals surface area contributed by atoms with Crippen LogP contribution in [0.4, 0.5) is 5.69 Å². The molecule has 2 aromatic heterocycles. The number of ether oxygens (including phenoxy) is 3. The summed E-state index contributed by atoms with van der Waals surface area (Å²) in [6, 6.07) is 12.0. The van der Waals surface area contributed by atoms with Crippen molar-refractivity contribution in [3.8, 4) is 17.2 Å². The summed E-state index contributed by atoms with van der Waals surface area (Å²) in [4.78, 5) is 16.0. The van der Waals surface area contributed by atoms with Gasteiger partial charge in [-0.05, 0) is 36.4 Å². The summed E-state index contributed by atoms with van der Waals surface area (Å²) in [5.74, 6) is 2.39. The summed E-state index contributed by atoms with van der Waals surface area (Å²) in [6.07, 6.45) is 3.20. The van der Waals surface area contributed by atoms with Crippen molar-refractivity contribution in [2.24, 2.45) is 0 Å². The molecule has 0 unspecified atom stereocenters. The lowest BCUT2D eigenvalue weighted by atomic mass is 10.3. The zero-order valence-electron chi connectivity index (χ0n) is 13.1. The van der Waals surface area contributed by atoms with Crippen LogP contribution in [-0.4, -0.2) is 17.7 Å². The van der Waals surface area contributed by atoms with Crippen molar-refractivity contribution in [3.63, 3.8) is 0 Å². The molecule has 3 aromatic rings. The number of carbonyl (C=O) groups excluding carboxylic acids is 1. The Morgan fingerprint density at radius 1 is 1.08 bits per heavy atom. The summed E-state index contributed by atoms with van der Waals surface area (Å²) in [5, 5.41) is 2.73. The van der Waals surface area contributed by atoms with Gasteiger partial charge in [0.05, 0.1) is 0 Å². The molecule has 25 heavy (non-hydrogen) atoms. The second-order valence-corrected chi connectivity index (χ2v) is 5.26. The maximum Gasteiger partial charge on any atom is 0.291 e. The Labute approximate surface area is 143 Å². The van der Waals surface area contributed by atoms with Crippen LogP contribution in [0.3, 0.4) is 0 Å². The highest BCUT2D eigenvalue weighted by Gasteiger charge is 2.15. The largest absolute Gasteiger partial charge is 0.486 e. The Morgan fingerprint density at radius 3 is 2.80 bits per heavy atom. The van der Waals surface area contributed by atoms with E-state index < -0.39 is 0 Å². The van der Waals surface area contributed by atoms with Crippen LogP contribution in [0.25, 0.3) is 0 Å². The molecule has 0 saturated heterocycles. The fourth-order valence-electron chi connectivity index (χ4n) is 2.33. The first-order chi connectivity index (χ1) is 12.3. The van der Waals surface area contributed by atoms with Crippen molar-refractivity contribution < 1.29 is 23.4 Å². The van der Waals surface area contributed by atoms with Crippen molar-refractivity contribution in [2.45, 2.75) is 6.61 Å². The third kappa shape index (κ3) is 3.40. The van der Waals surface area contributed by atoms with E-state index in [1.54, 1.807) is 54.9 Å². The van der Waals surface area contributed by atoms with Gasteiger partial charge in [0.1, 0.15) is 18.1 Å². The number of amides is 1. The van der Waals surface area contributed by atoms with Crippen LogP contribution in [0, 0.1) is 0 Å². The summed E-state index contributed by atoms with van der Waals surface area (Å²) in [5.41, 5.74) is 0.648. The summed E-state index contributed by atoms with van der Waals surface area (Å²) >= 11 is 0. The predicted molar refractivity (Wildman–Crippen MR) is 87.8 cm³/mol. The molecule has 0 radical (unpaired) electrons. The molecule has 1 N–H and O–H groups in total. The third-order valence-corrected chi connectivity index (χ3v) is 3.55. The smallest absolute Gasteiger partial charge is 0.291 e. The van der Waals surface area contributed by atoms with Gasteiger partial charge in [-0.3, -0.25) is 9.78 Å². The van der Waals surface area contributed by atoms with Gasteiger partial charge in [0.2, 0.25) is 6.79 Å². The summed E-state index contributed by atoms with van der Waals surface area (Å²) in [6.45, 7) is 0.412. The highest BCUT2D eigenvalue weighted by molar-refractivity contribution is 6.02. The molecule has 0 spiro atoms. The second kappa shape index (κ2) is 6.56. The Bertz CT molecular complexity index is 891. The van der Waals surface area contributed by atoms with Crippen LogP contribution in [-0.2, 0) is 6.61 Å². The Kier molecular flexibility index (Phi) is 3.96. The van der Waals surface area contributed by atoms with Crippen molar-refractivity contribution in [3.05, 3.63) is 66.4 Å². The van der Waals surface area contributed by atoms with E-state index in [1.165, 1.54) is 0 Å². The first-order valence-electron chi connectivity index (χ1n) is 7.60. The van der Waals surface area contributed by atoms with E-state index in [0.29, 0.717) is 28.7 Å². The van der Waals surface area contributed by atoms with E-state index in [2.05, 4.69) is 10.3 Å². The zero-order valence-corrected chi connectivity index (χ0v) is 13.1. The van der Waals surface area contributed by atoms with Gasteiger partial charge in [-0.2, -0.15) is 0 Å². The molecule has 1 aliphatic heterocycles. The number of hydrogen-bond acceptors (Lipinski definition) is 6. The molecule has 0 bridgehead atoms. The third-order valence-electron chi connectivity index (χ3n) is 3.55. The average molecular weight is 338 g/mol. The summed E-state index contributed by atoms with van der Waals surface area (Å²) < 4.78 is 21.7. The normalized spacial score (nSPS) is 12.0. The molecule has 1 aromatic carbocycles. The first kappa shape index (κ1) is 15.1. The maximum atomic E-state index is 12.1. The van der Waals surface area contributed by atoms with E-state index in [1.807, 2.05) is 0 Å². The van der Waals surface area contributed by atoms with Gasteiger partial charge in [0.25, 0.3) is 5.91 Å². The first-order valence-corrected chi connectivity index (χ1v) is 7.60. The van der Waals surface area contributed by atoms with E-state index >= 15 is 0 Å². The fourth-order valence-corrected chi connectivity index (χ4v) is 2.33. The number of furan rings is 1. The molecule has 0 saturated carbocycles. The number of anilines is 1. The molecule has 4 rings (SSSR count). The monoisotopic (exact) mass is 338 g/mol. The zero-order chi connectivity index (χ0) is 17.1. The molecule has 7 heteroatoms. The molecule has 1 aliphatic rings. The van der Waals surface area contributed by atoms with E-state index in [4.69, 9.17) is 18.6 Å². The van der Waals surface area contributed by atoms with Gasteiger partial charge < -0.3 is 23.9 Å². The minimum atomic E-state index is -0.333. The minimum absolute atomic E-state index is 0.197. The van der Waals surface area contributed by atoms with Crippen molar-refractivity contribution >= 4 is 11.6 Å². The Morgan fingerprint density at radius 2 is 1.92 bits per heavy atom. The molecule has 7 nitrogen and oxygen atoms in total. The van der Waals surface area contributed by atoms with Gasteiger partial charge >= 0.3 is 0 Å². The molecular weight excluding hydrogens is 324 g/mol. The maximum absolute atomic E-state index is 12.1. The predicted octanol–water partition coefficient (Wildman–Crippen LogP) is 3.23. The minimum Gasteiger partial charge on any atom is -0.486 e. The lowest BCUT2D eigenvalue weighted by Gasteiger charge is -2.05. The van der Waals surface area contributed by atoms with E-state index in [9.17, 15) is 4.79 Å². The van der Waals surface area contributed by atoms with E-state index in [-0.39, 0.29) is 25.1 Å². The molecule has 3 heterocycles. The van der Waals surface area contributed by atoms with Crippen molar-refractivity contribution in [1.82, 2.24) is 4.98 Å². The van der Waals surface area contributed by atoms with Crippen molar-refractivity contribution in [1.29, 1.82) is 0 Å².